The predicted octanol–water partition coefficient (Wildman–Crippen LogP) is 3.02. The number of nitrogens with zero attached hydrogens (tertiary/aromatic N) is 2. The quantitative estimate of drug-likeness (QED) is 0.603. The van der Waals surface area contributed by atoms with E-state index in [9.17, 15) is 0 Å². The van der Waals surface area contributed by atoms with E-state index in [0.717, 1.165) is 18.2 Å². The number of hydrogen-bond acceptors (Lipinski definition) is 5. The molecular weight excluding hydrogens is 232 g/mol. The molecule has 0 spiro atoms. The van der Waals surface area contributed by atoms with E-state index in [1.165, 1.54) is 18.2 Å². The molecular formula is C12H22N4S. The molecule has 0 bridgehead atoms. The maximum absolute atomic E-state index is 5.73. The van der Waals surface area contributed by atoms with Crippen molar-refractivity contribution in [2.75, 3.05) is 17.3 Å². The van der Waals surface area contributed by atoms with Crippen molar-refractivity contribution in [3.8, 4) is 0 Å². The van der Waals surface area contributed by atoms with Gasteiger partial charge in [-0.25, -0.2) is 9.97 Å². The summed E-state index contributed by atoms with van der Waals surface area (Å²) in [6.07, 6.45) is 4.28. The Kier molecular flexibility index (Phi) is 5.55. The lowest BCUT2D eigenvalue weighted by Crippen LogP contribution is -2.19. The molecule has 1 aromatic rings. The Morgan fingerprint density at radius 2 is 2.12 bits per heavy atom. The molecule has 96 valence electrons. The number of nitrogens with two attached hydrogens (primary N) is 1. The number of rotatable bonds is 6. The molecule has 0 aromatic carbocycles. The van der Waals surface area contributed by atoms with Crippen molar-refractivity contribution in [3.05, 3.63) is 6.07 Å². The molecule has 1 heterocycles. The van der Waals surface area contributed by atoms with E-state index in [1.807, 2.05) is 6.26 Å². The van der Waals surface area contributed by atoms with Crippen LogP contribution in [-0.2, 0) is 0 Å². The van der Waals surface area contributed by atoms with Crippen molar-refractivity contribution < 1.29 is 0 Å². The van der Waals surface area contributed by atoms with Crippen LogP contribution in [-0.4, -0.2) is 22.3 Å². The van der Waals surface area contributed by atoms with Gasteiger partial charge in [0.2, 0.25) is 0 Å². The summed E-state index contributed by atoms with van der Waals surface area (Å²) in [5, 5.41) is 4.09. The maximum atomic E-state index is 5.73. The molecule has 5 heteroatoms. The zero-order valence-electron chi connectivity index (χ0n) is 11.0. The summed E-state index contributed by atoms with van der Waals surface area (Å²) in [4.78, 5) is 8.51. The van der Waals surface area contributed by atoms with Gasteiger partial charge in [-0.15, -0.1) is 0 Å². The fraction of sp³-hybridized carbons (Fsp3) is 0.667. The Balaban J connectivity index is 2.64. The van der Waals surface area contributed by atoms with Gasteiger partial charge in [0.1, 0.15) is 11.6 Å². The van der Waals surface area contributed by atoms with Crippen LogP contribution >= 0.6 is 11.8 Å². The van der Waals surface area contributed by atoms with Crippen molar-refractivity contribution in [2.24, 2.45) is 5.92 Å². The molecule has 4 nitrogen and oxygen atoms in total. The zero-order valence-corrected chi connectivity index (χ0v) is 11.8. The highest BCUT2D eigenvalue weighted by molar-refractivity contribution is 7.98. The van der Waals surface area contributed by atoms with Crippen molar-refractivity contribution in [2.45, 2.75) is 44.8 Å². The third-order valence-corrected chi connectivity index (χ3v) is 3.30. The first-order chi connectivity index (χ1) is 8.05. The molecule has 2 atom stereocenters. The lowest BCUT2D eigenvalue weighted by molar-refractivity contribution is 0.483. The third-order valence-electron chi connectivity index (χ3n) is 2.76. The molecule has 1 rings (SSSR count). The van der Waals surface area contributed by atoms with Gasteiger partial charge in [0.05, 0.1) is 0 Å². The molecule has 0 radical (unpaired) electrons. The molecule has 0 saturated carbocycles. The molecule has 3 N–H and O–H groups in total. The lowest BCUT2D eigenvalue weighted by atomic mass is 10.0. The van der Waals surface area contributed by atoms with Crippen LogP contribution in [0, 0.1) is 5.92 Å². The number of nitrogens with one attached hydrogen (secondary N) is 1. The molecule has 0 saturated heterocycles. The van der Waals surface area contributed by atoms with Gasteiger partial charge in [0, 0.05) is 12.1 Å². The first-order valence-electron chi connectivity index (χ1n) is 6.00. The smallest absolute Gasteiger partial charge is 0.191 e. The predicted molar refractivity (Wildman–Crippen MR) is 75.4 cm³/mol. The van der Waals surface area contributed by atoms with Gasteiger partial charge in [0.25, 0.3) is 0 Å². The summed E-state index contributed by atoms with van der Waals surface area (Å²) < 4.78 is 0. The Morgan fingerprint density at radius 1 is 1.41 bits per heavy atom. The van der Waals surface area contributed by atoms with Crippen LogP contribution in [0.3, 0.4) is 0 Å². The van der Waals surface area contributed by atoms with E-state index in [1.54, 1.807) is 6.07 Å². The van der Waals surface area contributed by atoms with E-state index >= 15 is 0 Å². The summed E-state index contributed by atoms with van der Waals surface area (Å²) in [6, 6.07) is 2.18. The van der Waals surface area contributed by atoms with Gasteiger partial charge in [-0.3, -0.25) is 0 Å². The summed E-state index contributed by atoms with van der Waals surface area (Å²) in [6.45, 7) is 6.65. The van der Waals surface area contributed by atoms with Crippen LogP contribution in [0.4, 0.5) is 11.6 Å². The third kappa shape index (κ3) is 4.81. The fourth-order valence-electron chi connectivity index (χ4n) is 1.69. The molecule has 1 aromatic heterocycles. The number of hydrogen-bond donors (Lipinski definition) is 2. The Hall–Kier alpha value is -0.970. The standard InChI is InChI=1S/C12H22N4S/c1-5-8(2)6-9(3)14-11-7-10(13)15-12(16-11)17-4/h7-9H,5-6H2,1-4H3,(H3,13,14,15,16). The van der Waals surface area contributed by atoms with Crippen LogP contribution in [0.1, 0.15) is 33.6 Å². The average molecular weight is 254 g/mol. The highest BCUT2D eigenvalue weighted by Gasteiger charge is 2.09. The Labute approximate surface area is 108 Å². The minimum Gasteiger partial charge on any atom is -0.383 e. The zero-order chi connectivity index (χ0) is 12.8. The van der Waals surface area contributed by atoms with Crippen molar-refractivity contribution in [3.63, 3.8) is 0 Å². The first kappa shape index (κ1) is 14.1. The summed E-state index contributed by atoms with van der Waals surface area (Å²) in [5.41, 5.74) is 5.73. The summed E-state index contributed by atoms with van der Waals surface area (Å²) in [7, 11) is 0. The monoisotopic (exact) mass is 254 g/mol. The normalized spacial score (nSPS) is 14.4. The highest BCUT2D eigenvalue weighted by Crippen LogP contribution is 2.18. The fourth-order valence-corrected chi connectivity index (χ4v) is 2.08. The average Bonchev–Trinajstić information content (AvgIpc) is 2.27. The van der Waals surface area contributed by atoms with E-state index in [4.69, 9.17) is 5.73 Å². The van der Waals surface area contributed by atoms with Crippen molar-refractivity contribution >= 4 is 23.4 Å². The molecule has 2 unspecified atom stereocenters. The largest absolute Gasteiger partial charge is 0.383 e. The second-order valence-electron chi connectivity index (χ2n) is 4.46. The Bertz CT molecular complexity index is 356. The Morgan fingerprint density at radius 3 is 2.71 bits per heavy atom. The molecule has 17 heavy (non-hydrogen) atoms. The van der Waals surface area contributed by atoms with Crippen LogP contribution in [0.2, 0.25) is 0 Å². The van der Waals surface area contributed by atoms with E-state index in [-0.39, 0.29) is 0 Å². The van der Waals surface area contributed by atoms with Crippen LogP contribution in [0.15, 0.2) is 11.2 Å². The van der Waals surface area contributed by atoms with Gasteiger partial charge in [0.15, 0.2) is 5.16 Å². The molecule has 0 aliphatic heterocycles. The van der Waals surface area contributed by atoms with Gasteiger partial charge in [-0.05, 0) is 25.5 Å². The number of anilines is 2. The van der Waals surface area contributed by atoms with Gasteiger partial charge in [-0.1, -0.05) is 32.0 Å². The van der Waals surface area contributed by atoms with Crippen molar-refractivity contribution in [1.29, 1.82) is 0 Å². The van der Waals surface area contributed by atoms with Gasteiger partial charge < -0.3 is 11.1 Å². The van der Waals surface area contributed by atoms with Crippen LogP contribution in [0.5, 0.6) is 0 Å². The minimum absolute atomic E-state index is 0.397. The highest BCUT2D eigenvalue weighted by atomic mass is 32.2. The molecule has 0 amide bonds. The van der Waals surface area contributed by atoms with Gasteiger partial charge in [-0.2, -0.15) is 0 Å². The summed E-state index contributed by atoms with van der Waals surface area (Å²) in [5.74, 6) is 2.05. The minimum atomic E-state index is 0.397. The lowest BCUT2D eigenvalue weighted by Gasteiger charge is -2.18. The number of thioether (sulfide) groups is 1. The van der Waals surface area contributed by atoms with E-state index in [0.29, 0.717) is 17.0 Å². The van der Waals surface area contributed by atoms with Crippen LogP contribution in [0.25, 0.3) is 0 Å². The van der Waals surface area contributed by atoms with Gasteiger partial charge >= 0.3 is 0 Å². The summed E-state index contributed by atoms with van der Waals surface area (Å²) >= 11 is 1.50. The topological polar surface area (TPSA) is 63.8 Å². The number of nitrogen functional groups attached to an aromatic ring is 1. The molecule has 0 fully saturated rings. The molecule has 0 aliphatic carbocycles. The second kappa shape index (κ2) is 6.69. The van der Waals surface area contributed by atoms with Crippen molar-refractivity contribution in [1.82, 2.24) is 9.97 Å². The number of aromatic nitrogens is 2. The second-order valence-corrected chi connectivity index (χ2v) is 5.23. The maximum Gasteiger partial charge on any atom is 0.191 e. The molecule has 0 aliphatic rings. The first-order valence-corrected chi connectivity index (χ1v) is 7.22. The van der Waals surface area contributed by atoms with E-state index in [2.05, 4.69) is 36.1 Å². The van der Waals surface area contributed by atoms with Crippen LogP contribution < -0.4 is 11.1 Å². The SMILES string of the molecule is CCC(C)CC(C)Nc1cc(N)nc(SC)n1. The van der Waals surface area contributed by atoms with E-state index < -0.39 is 0 Å².